The van der Waals surface area contributed by atoms with Crippen molar-refractivity contribution in [1.82, 2.24) is 4.90 Å². The molecule has 2 rings (SSSR count). The number of carboxylic acids is 1. The maximum atomic E-state index is 10.7. The highest BCUT2D eigenvalue weighted by Gasteiger charge is 2.21. The Hall–Kier alpha value is -1.55. The Morgan fingerprint density at radius 1 is 1.35 bits per heavy atom. The minimum atomic E-state index is -0.676. The number of hydrogen-bond donors (Lipinski definition) is 1. The fourth-order valence-electron chi connectivity index (χ4n) is 2.77. The van der Waals surface area contributed by atoms with E-state index < -0.39 is 5.97 Å². The molecule has 1 aliphatic rings. The number of para-hydroxylation sites is 1. The zero-order chi connectivity index (χ0) is 14.4. The van der Waals surface area contributed by atoms with Crippen molar-refractivity contribution in [2.24, 2.45) is 5.92 Å². The number of aliphatic carboxylic acids is 1. The predicted molar refractivity (Wildman–Crippen MR) is 77.9 cm³/mol. The van der Waals surface area contributed by atoms with E-state index in [-0.39, 0.29) is 0 Å². The monoisotopic (exact) mass is 277 g/mol. The second-order valence-corrected chi connectivity index (χ2v) is 5.36. The van der Waals surface area contributed by atoms with Crippen LogP contribution in [0.4, 0.5) is 0 Å². The van der Waals surface area contributed by atoms with Crippen LogP contribution in [0.5, 0.6) is 5.75 Å². The van der Waals surface area contributed by atoms with Gasteiger partial charge >= 0.3 is 5.97 Å². The predicted octanol–water partition coefficient (Wildman–Crippen LogP) is 2.77. The molecule has 1 aromatic rings. The topological polar surface area (TPSA) is 49.8 Å². The second kappa shape index (κ2) is 7.29. The molecule has 0 bridgehead atoms. The van der Waals surface area contributed by atoms with Gasteiger partial charge in [-0.25, -0.2) is 0 Å². The summed E-state index contributed by atoms with van der Waals surface area (Å²) in [6.45, 7) is 5.50. The molecular formula is C16H23NO3. The van der Waals surface area contributed by atoms with Gasteiger partial charge in [0.2, 0.25) is 0 Å². The van der Waals surface area contributed by atoms with Gasteiger partial charge < -0.3 is 9.84 Å². The lowest BCUT2D eigenvalue weighted by Crippen LogP contribution is -2.34. The first kappa shape index (κ1) is 14.9. The van der Waals surface area contributed by atoms with Gasteiger partial charge in [0, 0.05) is 18.5 Å². The summed E-state index contributed by atoms with van der Waals surface area (Å²) in [4.78, 5) is 13.1. The van der Waals surface area contributed by atoms with Crippen LogP contribution >= 0.6 is 0 Å². The van der Waals surface area contributed by atoms with Crippen molar-refractivity contribution >= 4 is 5.97 Å². The summed E-state index contributed by atoms with van der Waals surface area (Å²) in [5.41, 5.74) is 1.21. The van der Waals surface area contributed by atoms with Crippen molar-refractivity contribution in [2.75, 3.05) is 19.7 Å². The lowest BCUT2D eigenvalue weighted by atomic mass is 9.93. The first-order valence-corrected chi connectivity index (χ1v) is 7.34. The van der Waals surface area contributed by atoms with Crippen LogP contribution in [-0.2, 0) is 11.3 Å². The molecule has 1 saturated heterocycles. The number of carbonyl (C=O) groups is 1. The molecule has 0 aromatic heterocycles. The standard InChI is InChI=1S/C16H23NO3/c1-2-20-15-6-4-3-5-14(15)12-17-9-7-13(8-10-17)11-16(18)19/h3-6,13H,2,7-12H2,1H3,(H,18,19). The molecule has 1 heterocycles. The van der Waals surface area contributed by atoms with Crippen molar-refractivity contribution in [1.29, 1.82) is 0 Å². The Morgan fingerprint density at radius 3 is 2.70 bits per heavy atom. The molecule has 0 atom stereocenters. The molecule has 1 aliphatic heterocycles. The molecule has 1 N–H and O–H groups in total. The van der Waals surface area contributed by atoms with Crippen LogP contribution in [0.1, 0.15) is 31.7 Å². The van der Waals surface area contributed by atoms with E-state index in [1.54, 1.807) is 0 Å². The van der Waals surface area contributed by atoms with Gasteiger partial charge in [-0.2, -0.15) is 0 Å². The fraction of sp³-hybridized carbons (Fsp3) is 0.562. The van der Waals surface area contributed by atoms with Crippen LogP contribution in [0.3, 0.4) is 0 Å². The molecule has 110 valence electrons. The van der Waals surface area contributed by atoms with E-state index in [9.17, 15) is 4.79 Å². The highest BCUT2D eigenvalue weighted by atomic mass is 16.5. The molecule has 0 aliphatic carbocycles. The van der Waals surface area contributed by atoms with E-state index in [1.165, 1.54) is 5.56 Å². The summed E-state index contributed by atoms with van der Waals surface area (Å²) in [6.07, 6.45) is 2.26. The van der Waals surface area contributed by atoms with Crippen molar-refractivity contribution in [3.05, 3.63) is 29.8 Å². The van der Waals surface area contributed by atoms with E-state index in [1.807, 2.05) is 25.1 Å². The lowest BCUT2D eigenvalue weighted by molar-refractivity contribution is -0.138. The number of hydrogen-bond acceptors (Lipinski definition) is 3. The third-order valence-corrected chi connectivity index (χ3v) is 3.84. The Kier molecular flexibility index (Phi) is 5.41. The van der Waals surface area contributed by atoms with Crippen LogP contribution in [0.2, 0.25) is 0 Å². The van der Waals surface area contributed by atoms with Crippen molar-refractivity contribution in [2.45, 2.75) is 32.7 Å². The maximum absolute atomic E-state index is 10.7. The van der Waals surface area contributed by atoms with E-state index in [4.69, 9.17) is 9.84 Å². The van der Waals surface area contributed by atoms with Crippen molar-refractivity contribution in [3.63, 3.8) is 0 Å². The highest BCUT2D eigenvalue weighted by Crippen LogP contribution is 2.25. The minimum Gasteiger partial charge on any atom is -0.494 e. The van der Waals surface area contributed by atoms with E-state index in [0.717, 1.165) is 38.2 Å². The second-order valence-electron chi connectivity index (χ2n) is 5.36. The fourth-order valence-corrected chi connectivity index (χ4v) is 2.77. The molecule has 20 heavy (non-hydrogen) atoms. The molecule has 0 unspecified atom stereocenters. The number of rotatable bonds is 6. The van der Waals surface area contributed by atoms with E-state index >= 15 is 0 Å². The molecule has 1 fully saturated rings. The number of piperidine rings is 1. The van der Waals surface area contributed by atoms with Crippen molar-refractivity contribution < 1.29 is 14.6 Å². The molecule has 4 nitrogen and oxygen atoms in total. The van der Waals surface area contributed by atoms with Crippen LogP contribution in [-0.4, -0.2) is 35.7 Å². The third kappa shape index (κ3) is 4.23. The van der Waals surface area contributed by atoms with Gasteiger partial charge in [0.15, 0.2) is 0 Å². The third-order valence-electron chi connectivity index (χ3n) is 3.84. The van der Waals surface area contributed by atoms with E-state index in [2.05, 4.69) is 11.0 Å². The first-order valence-electron chi connectivity index (χ1n) is 7.34. The minimum absolute atomic E-state index is 0.309. The maximum Gasteiger partial charge on any atom is 0.303 e. The zero-order valence-electron chi connectivity index (χ0n) is 12.0. The summed E-state index contributed by atoms with van der Waals surface area (Å²) in [5.74, 6) is 0.624. The van der Waals surface area contributed by atoms with Gasteiger partial charge in [-0.05, 0) is 44.8 Å². The summed E-state index contributed by atoms with van der Waals surface area (Å²) < 4.78 is 5.65. The molecule has 0 radical (unpaired) electrons. The van der Waals surface area contributed by atoms with Crippen LogP contribution in [0.15, 0.2) is 24.3 Å². The summed E-state index contributed by atoms with van der Waals surface area (Å²) >= 11 is 0. The number of ether oxygens (including phenoxy) is 1. The molecule has 0 saturated carbocycles. The van der Waals surface area contributed by atoms with Gasteiger partial charge in [0.05, 0.1) is 6.61 Å². The summed E-state index contributed by atoms with van der Waals surface area (Å²) in [6, 6.07) is 8.15. The quantitative estimate of drug-likeness (QED) is 0.868. The van der Waals surface area contributed by atoms with Gasteiger partial charge in [0.25, 0.3) is 0 Å². The van der Waals surface area contributed by atoms with Crippen LogP contribution in [0, 0.1) is 5.92 Å². The van der Waals surface area contributed by atoms with Gasteiger partial charge in [-0.15, -0.1) is 0 Å². The highest BCUT2D eigenvalue weighted by molar-refractivity contribution is 5.67. The molecule has 4 heteroatoms. The van der Waals surface area contributed by atoms with Gasteiger partial charge in [0.1, 0.15) is 5.75 Å². The average Bonchev–Trinajstić information content (AvgIpc) is 2.43. The van der Waals surface area contributed by atoms with Gasteiger partial charge in [-0.3, -0.25) is 9.69 Å². The zero-order valence-corrected chi connectivity index (χ0v) is 12.0. The Balaban J connectivity index is 1.88. The number of nitrogens with zero attached hydrogens (tertiary/aromatic N) is 1. The first-order chi connectivity index (χ1) is 9.69. The Bertz CT molecular complexity index is 439. The van der Waals surface area contributed by atoms with Gasteiger partial charge in [-0.1, -0.05) is 18.2 Å². The Labute approximate surface area is 120 Å². The smallest absolute Gasteiger partial charge is 0.303 e. The number of carboxylic acid groups (broad SMARTS) is 1. The largest absolute Gasteiger partial charge is 0.494 e. The summed E-state index contributed by atoms with van der Waals surface area (Å²) in [5, 5.41) is 8.83. The van der Waals surface area contributed by atoms with Crippen LogP contribution in [0.25, 0.3) is 0 Å². The summed E-state index contributed by atoms with van der Waals surface area (Å²) in [7, 11) is 0. The SMILES string of the molecule is CCOc1ccccc1CN1CCC(CC(=O)O)CC1. The molecular weight excluding hydrogens is 254 g/mol. The van der Waals surface area contributed by atoms with Crippen LogP contribution < -0.4 is 4.74 Å². The Morgan fingerprint density at radius 2 is 2.05 bits per heavy atom. The van der Waals surface area contributed by atoms with Crippen molar-refractivity contribution in [3.8, 4) is 5.75 Å². The molecule has 1 aromatic carbocycles. The molecule has 0 amide bonds. The molecule has 0 spiro atoms. The average molecular weight is 277 g/mol. The number of likely N-dealkylation sites (tertiary alicyclic amines) is 1. The van der Waals surface area contributed by atoms with E-state index in [0.29, 0.717) is 18.9 Å². The number of benzene rings is 1. The normalized spacial score (nSPS) is 17.1. The lowest BCUT2D eigenvalue weighted by Gasteiger charge is -2.31.